The van der Waals surface area contributed by atoms with Crippen molar-refractivity contribution < 1.29 is 19.1 Å². The number of carbonyl (C=O) groups excluding carboxylic acids is 2. The quantitative estimate of drug-likeness (QED) is 0.441. The van der Waals surface area contributed by atoms with Gasteiger partial charge in [0.05, 0.1) is 6.61 Å². The molecular weight excluding hydrogens is 454 g/mol. The number of rotatable bonds is 10. The number of hydrogen-bond donors (Lipinski definition) is 2. The summed E-state index contributed by atoms with van der Waals surface area (Å²) in [6.45, 7) is 2.59. The van der Waals surface area contributed by atoms with Gasteiger partial charge >= 0.3 is 0 Å². The number of hydrogen-bond acceptors (Lipinski definition) is 5. The van der Waals surface area contributed by atoms with Crippen LogP contribution in [0.1, 0.15) is 45.5 Å². The van der Waals surface area contributed by atoms with Gasteiger partial charge in [-0.05, 0) is 73.7 Å². The molecule has 0 atom stereocenters. The van der Waals surface area contributed by atoms with Crippen LogP contribution in [0, 0.1) is 5.92 Å². The molecule has 0 bridgehead atoms. The second kappa shape index (κ2) is 12.2. The second-order valence-electron chi connectivity index (χ2n) is 9.08. The molecule has 4 rings (SSSR count). The van der Waals surface area contributed by atoms with Gasteiger partial charge < -0.3 is 25.8 Å². The standard InChI is InChI=1S/C29H33N3O4/c30-14-10-22-11-15-32(16-12-22)29(34)24-18-26(35-17-13-21-4-2-1-3-5-21)20-27(19-24)36-25-8-6-23(7-9-25)28(31)33/h1-9,18-20,22H,10-17,30H2,(H2,31,33). The average molecular weight is 488 g/mol. The molecule has 7 heteroatoms. The molecule has 0 saturated carbocycles. The molecule has 188 valence electrons. The number of likely N-dealkylation sites (tertiary alicyclic amines) is 1. The van der Waals surface area contributed by atoms with E-state index >= 15 is 0 Å². The van der Waals surface area contributed by atoms with Crippen molar-refractivity contribution in [2.24, 2.45) is 17.4 Å². The van der Waals surface area contributed by atoms with Crippen LogP contribution in [-0.2, 0) is 6.42 Å². The average Bonchev–Trinajstić information content (AvgIpc) is 2.90. The molecule has 1 aliphatic heterocycles. The van der Waals surface area contributed by atoms with E-state index in [0.717, 1.165) is 25.7 Å². The van der Waals surface area contributed by atoms with Crippen molar-refractivity contribution in [2.45, 2.75) is 25.7 Å². The van der Waals surface area contributed by atoms with Crippen molar-refractivity contribution in [3.63, 3.8) is 0 Å². The highest BCUT2D eigenvalue weighted by atomic mass is 16.5. The zero-order valence-corrected chi connectivity index (χ0v) is 20.4. The monoisotopic (exact) mass is 487 g/mol. The van der Waals surface area contributed by atoms with Gasteiger partial charge in [0.25, 0.3) is 5.91 Å². The zero-order valence-electron chi connectivity index (χ0n) is 20.4. The Morgan fingerprint density at radius 2 is 1.56 bits per heavy atom. The van der Waals surface area contributed by atoms with Crippen LogP contribution in [0.15, 0.2) is 72.8 Å². The minimum Gasteiger partial charge on any atom is -0.493 e. The molecule has 1 aliphatic rings. The van der Waals surface area contributed by atoms with Crippen molar-refractivity contribution in [1.29, 1.82) is 0 Å². The van der Waals surface area contributed by atoms with E-state index in [2.05, 4.69) is 12.1 Å². The summed E-state index contributed by atoms with van der Waals surface area (Å²) in [5.74, 6) is 1.62. The molecule has 0 aromatic heterocycles. The summed E-state index contributed by atoms with van der Waals surface area (Å²) in [7, 11) is 0. The van der Waals surface area contributed by atoms with Crippen molar-refractivity contribution in [2.75, 3.05) is 26.2 Å². The first-order valence-corrected chi connectivity index (χ1v) is 12.4. The number of benzene rings is 3. The summed E-state index contributed by atoms with van der Waals surface area (Å²) in [6.07, 6.45) is 3.68. The van der Waals surface area contributed by atoms with E-state index in [4.69, 9.17) is 20.9 Å². The minimum atomic E-state index is -0.501. The van der Waals surface area contributed by atoms with Gasteiger partial charge in [-0.1, -0.05) is 30.3 Å². The largest absolute Gasteiger partial charge is 0.493 e. The van der Waals surface area contributed by atoms with E-state index in [0.29, 0.717) is 60.5 Å². The minimum absolute atomic E-state index is 0.0383. The highest BCUT2D eigenvalue weighted by Gasteiger charge is 2.24. The number of piperidine rings is 1. The topological polar surface area (TPSA) is 108 Å². The predicted octanol–water partition coefficient (Wildman–Crippen LogP) is 4.40. The zero-order chi connectivity index (χ0) is 25.3. The van der Waals surface area contributed by atoms with Gasteiger partial charge in [-0.15, -0.1) is 0 Å². The first kappa shape index (κ1) is 25.3. The molecule has 3 aromatic rings. The maximum Gasteiger partial charge on any atom is 0.254 e. The first-order chi connectivity index (χ1) is 17.5. The number of ether oxygens (including phenoxy) is 2. The summed E-state index contributed by atoms with van der Waals surface area (Å²) in [5.41, 5.74) is 13.1. The molecule has 2 amide bonds. The van der Waals surface area contributed by atoms with Crippen molar-refractivity contribution in [3.8, 4) is 17.2 Å². The van der Waals surface area contributed by atoms with Crippen LogP contribution in [0.5, 0.6) is 17.2 Å². The van der Waals surface area contributed by atoms with Gasteiger partial charge in [0.2, 0.25) is 5.91 Å². The maximum atomic E-state index is 13.4. The number of carbonyl (C=O) groups is 2. The normalized spacial score (nSPS) is 13.9. The van der Waals surface area contributed by atoms with Gasteiger partial charge in [-0.2, -0.15) is 0 Å². The molecule has 1 fully saturated rings. The number of amides is 2. The van der Waals surface area contributed by atoms with Crippen molar-refractivity contribution >= 4 is 11.8 Å². The third-order valence-corrected chi connectivity index (χ3v) is 6.48. The summed E-state index contributed by atoms with van der Waals surface area (Å²) in [5, 5.41) is 0. The van der Waals surface area contributed by atoms with Crippen LogP contribution in [0.25, 0.3) is 0 Å². The fourth-order valence-corrected chi connectivity index (χ4v) is 4.44. The summed E-state index contributed by atoms with van der Waals surface area (Å²) >= 11 is 0. The Balaban J connectivity index is 1.51. The second-order valence-corrected chi connectivity index (χ2v) is 9.08. The summed E-state index contributed by atoms with van der Waals surface area (Å²) < 4.78 is 12.1. The molecule has 0 radical (unpaired) electrons. The van der Waals surface area contributed by atoms with Gasteiger partial charge in [0, 0.05) is 36.7 Å². The van der Waals surface area contributed by atoms with E-state index in [1.165, 1.54) is 5.56 Å². The molecule has 3 aromatic carbocycles. The van der Waals surface area contributed by atoms with Crippen LogP contribution in [0.3, 0.4) is 0 Å². The van der Waals surface area contributed by atoms with Crippen LogP contribution < -0.4 is 20.9 Å². The predicted molar refractivity (Wildman–Crippen MR) is 139 cm³/mol. The molecule has 4 N–H and O–H groups in total. The van der Waals surface area contributed by atoms with Gasteiger partial charge in [-0.25, -0.2) is 0 Å². The molecule has 36 heavy (non-hydrogen) atoms. The SMILES string of the molecule is NCCC1CCN(C(=O)c2cc(OCCc3ccccc3)cc(Oc3ccc(C(N)=O)cc3)c2)CC1. The van der Waals surface area contributed by atoms with E-state index < -0.39 is 5.91 Å². The van der Waals surface area contributed by atoms with Crippen LogP contribution in [0.4, 0.5) is 0 Å². The lowest BCUT2D eigenvalue weighted by Crippen LogP contribution is -2.38. The van der Waals surface area contributed by atoms with E-state index in [9.17, 15) is 9.59 Å². The first-order valence-electron chi connectivity index (χ1n) is 12.4. The highest BCUT2D eigenvalue weighted by molar-refractivity contribution is 5.95. The van der Waals surface area contributed by atoms with Gasteiger partial charge in [-0.3, -0.25) is 9.59 Å². The molecule has 1 heterocycles. The van der Waals surface area contributed by atoms with Crippen LogP contribution in [-0.4, -0.2) is 43.0 Å². The van der Waals surface area contributed by atoms with Crippen molar-refractivity contribution in [3.05, 3.63) is 89.5 Å². The Morgan fingerprint density at radius 1 is 0.861 bits per heavy atom. The van der Waals surface area contributed by atoms with E-state index in [1.54, 1.807) is 42.5 Å². The van der Waals surface area contributed by atoms with Gasteiger partial charge in [0.15, 0.2) is 0 Å². The van der Waals surface area contributed by atoms with Crippen LogP contribution >= 0.6 is 0 Å². The fourth-order valence-electron chi connectivity index (χ4n) is 4.44. The van der Waals surface area contributed by atoms with E-state index in [-0.39, 0.29) is 5.91 Å². The van der Waals surface area contributed by atoms with Gasteiger partial charge in [0.1, 0.15) is 17.2 Å². The fraction of sp³-hybridized carbons (Fsp3) is 0.310. The Hall–Kier alpha value is -3.84. The highest BCUT2D eigenvalue weighted by Crippen LogP contribution is 2.30. The molecule has 0 unspecified atom stereocenters. The lowest BCUT2D eigenvalue weighted by atomic mass is 9.93. The Kier molecular flexibility index (Phi) is 8.57. The third-order valence-electron chi connectivity index (χ3n) is 6.48. The molecule has 0 spiro atoms. The molecule has 1 saturated heterocycles. The van der Waals surface area contributed by atoms with Crippen LogP contribution in [0.2, 0.25) is 0 Å². The lowest BCUT2D eigenvalue weighted by Gasteiger charge is -2.32. The number of nitrogens with two attached hydrogens (primary N) is 2. The lowest BCUT2D eigenvalue weighted by molar-refractivity contribution is 0.0687. The summed E-state index contributed by atoms with van der Waals surface area (Å²) in [6, 6.07) is 22.0. The Bertz CT molecular complexity index is 1160. The molecular formula is C29H33N3O4. The smallest absolute Gasteiger partial charge is 0.254 e. The number of primary amides is 1. The number of nitrogens with zero attached hydrogens (tertiary/aromatic N) is 1. The Labute approximate surface area is 212 Å². The van der Waals surface area contributed by atoms with Crippen molar-refractivity contribution in [1.82, 2.24) is 4.90 Å². The third kappa shape index (κ3) is 6.86. The van der Waals surface area contributed by atoms with E-state index in [1.807, 2.05) is 23.1 Å². The molecule has 7 nitrogen and oxygen atoms in total. The summed E-state index contributed by atoms with van der Waals surface area (Å²) in [4.78, 5) is 26.6. The Morgan fingerprint density at radius 3 is 2.22 bits per heavy atom. The molecule has 0 aliphatic carbocycles. The maximum absolute atomic E-state index is 13.4.